The van der Waals surface area contributed by atoms with Gasteiger partial charge in [-0.25, -0.2) is 0 Å². The molecule has 2 nitrogen and oxygen atoms in total. The number of rotatable bonds is 5. The maximum Gasteiger partial charge on any atom is 0.171 e. The van der Waals surface area contributed by atoms with Crippen molar-refractivity contribution in [1.82, 2.24) is 5.32 Å². The van der Waals surface area contributed by atoms with Gasteiger partial charge in [-0.2, -0.15) is 0 Å². The van der Waals surface area contributed by atoms with Gasteiger partial charge in [0.1, 0.15) is 0 Å². The van der Waals surface area contributed by atoms with Crippen LogP contribution in [0.1, 0.15) is 37.7 Å². The SMILES string of the molecule is S=C(Nc1ccc(Br)c(Cl)c1)NC1(CCc2ccc(Cl)cc2)CCCC1. The van der Waals surface area contributed by atoms with Gasteiger partial charge in [0, 0.05) is 20.7 Å². The molecule has 1 saturated carbocycles. The first-order valence-electron chi connectivity index (χ1n) is 8.74. The van der Waals surface area contributed by atoms with Crippen LogP contribution in [0, 0.1) is 0 Å². The van der Waals surface area contributed by atoms with E-state index in [0.717, 1.165) is 40.9 Å². The Morgan fingerprint density at radius 2 is 1.77 bits per heavy atom. The van der Waals surface area contributed by atoms with Crippen molar-refractivity contribution in [2.24, 2.45) is 0 Å². The van der Waals surface area contributed by atoms with Crippen LogP contribution in [0.25, 0.3) is 0 Å². The van der Waals surface area contributed by atoms with Crippen molar-refractivity contribution < 1.29 is 0 Å². The van der Waals surface area contributed by atoms with Crippen LogP contribution in [0.15, 0.2) is 46.9 Å². The molecule has 138 valence electrons. The molecule has 0 atom stereocenters. The molecule has 0 aliphatic heterocycles. The first-order chi connectivity index (χ1) is 12.5. The lowest BCUT2D eigenvalue weighted by Gasteiger charge is -2.32. The van der Waals surface area contributed by atoms with E-state index >= 15 is 0 Å². The summed E-state index contributed by atoms with van der Waals surface area (Å²) >= 11 is 21.1. The van der Waals surface area contributed by atoms with E-state index in [4.69, 9.17) is 35.4 Å². The fraction of sp³-hybridized carbons (Fsp3) is 0.350. The normalized spacial score (nSPS) is 15.7. The van der Waals surface area contributed by atoms with Gasteiger partial charge >= 0.3 is 0 Å². The standard InChI is InChI=1S/C20H21BrCl2N2S/c21-17-8-7-16(13-18(17)23)24-19(26)25-20(10-1-2-11-20)12-9-14-3-5-15(22)6-4-14/h3-8,13H,1-2,9-12H2,(H2,24,25,26). The van der Waals surface area contributed by atoms with Crippen LogP contribution in [0.4, 0.5) is 5.69 Å². The average Bonchev–Trinajstić information content (AvgIpc) is 3.06. The lowest BCUT2D eigenvalue weighted by atomic mass is 9.89. The summed E-state index contributed by atoms with van der Waals surface area (Å²) in [4.78, 5) is 0. The van der Waals surface area contributed by atoms with Crippen LogP contribution in [0.2, 0.25) is 10.0 Å². The highest BCUT2D eigenvalue weighted by Gasteiger charge is 2.34. The zero-order valence-electron chi connectivity index (χ0n) is 14.3. The zero-order chi connectivity index (χ0) is 18.6. The fourth-order valence-electron chi connectivity index (χ4n) is 3.50. The largest absolute Gasteiger partial charge is 0.357 e. The van der Waals surface area contributed by atoms with Crippen molar-refractivity contribution in [3.8, 4) is 0 Å². The number of thiocarbonyl (C=S) groups is 1. The summed E-state index contributed by atoms with van der Waals surface area (Å²) in [5.74, 6) is 0. The van der Waals surface area contributed by atoms with Gasteiger partial charge in [0.2, 0.25) is 0 Å². The number of aryl methyl sites for hydroxylation is 1. The van der Waals surface area contributed by atoms with Gasteiger partial charge in [-0.1, -0.05) is 48.2 Å². The lowest BCUT2D eigenvalue weighted by molar-refractivity contribution is 0.362. The van der Waals surface area contributed by atoms with E-state index in [1.165, 1.54) is 18.4 Å². The lowest BCUT2D eigenvalue weighted by Crippen LogP contribution is -2.48. The number of hydrogen-bond donors (Lipinski definition) is 2. The maximum absolute atomic E-state index is 6.16. The number of hydrogen-bond acceptors (Lipinski definition) is 1. The molecule has 2 N–H and O–H groups in total. The van der Waals surface area contributed by atoms with Crippen LogP contribution < -0.4 is 10.6 Å². The number of nitrogens with one attached hydrogen (secondary N) is 2. The second kappa shape index (κ2) is 8.92. The predicted octanol–water partition coefficient (Wildman–Crippen LogP) is 6.99. The Kier molecular flexibility index (Phi) is 6.84. The molecule has 0 radical (unpaired) electrons. The molecule has 1 aliphatic rings. The molecule has 3 rings (SSSR count). The third-order valence-corrected chi connectivity index (χ3v) is 6.61. The maximum atomic E-state index is 6.16. The van der Waals surface area contributed by atoms with Crippen molar-refractivity contribution in [3.05, 3.63) is 62.5 Å². The van der Waals surface area contributed by atoms with Gasteiger partial charge in [0.15, 0.2) is 5.11 Å². The molecule has 0 bridgehead atoms. The van der Waals surface area contributed by atoms with Crippen molar-refractivity contribution >= 4 is 62.1 Å². The summed E-state index contributed by atoms with van der Waals surface area (Å²) in [5, 5.41) is 8.96. The fourth-order valence-corrected chi connectivity index (χ4v) is 4.39. The van der Waals surface area contributed by atoms with Crippen molar-refractivity contribution in [2.45, 2.75) is 44.1 Å². The van der Waals surface area contributed by atoms with Gasteiger partial charge in [-0.3, -0.25) is 0 Å². The minimum absolute atomic E-state index is 0.0584. The summed E-state index contributed by atoms with van der Waals surface area (Å²) in [6, 6.07) is 13.9. The van der Waals surface area contributed by atoms with Gasteiger partial charge in [-0.15, -0.1) is 0 Å². The molecule has 0 saturated heterocycles. The summed E-state index contributed by atoms with van der Waals surface area (Å²) in [6.45, 7) is 0. The van der Waals surface area contributed by atoms with E-state index in [9.17, 15) is 0 Å². The highest BCUT2D eigenvalue weighted by atomic mass is 79.9. The molecule has 0 amide bonds. The minimum Gasteiger partial charge on any atom is -0.357 e. The Morgan fingerprint density at radius 1 is 1.08 bits per heavy atom. The number of anilines is 1. The van der Waals surface area contributed by atoms with Crippen LogP contribution in [-0.4, -0.2) is 10.7 Å². The van der Waals surface area contributed by atoms with Crippen molar-refractivity contribution in [3.63, 3.8) is 0 Å². The first-order valence-corrected chi connectivity index (χ1v) is 10.7. The zero-order valence-corrected chi connectivity index (χ0v) is 18.2. The van der Waals surface area contributed by atoms with E-state index in [0.29, 0.717) is 10.1 Å². The van der Waals surface area contributed by atoms with Crippen molar-refractivity contribution in [1.29, 1.82) is 0 Å². The smallest absolute Gasteiger partial charge is 0.171 e. The molecular weight excluding hydrogens is 451 g/mol. The summed E-state index contributed by atoms with van der Waals surface area (Å²) in [7, 11) is 0. The number of benzene rings is 2. The summed E-state index contributed by atoms with van der Waals surface area (Å²) < 4.78 is 0.874. The highest BCUT2D eigenvalue weighted by molar-refractivity contribution is 9.10. The minimum atomic E-state index is 0.0584. The molecule has 0 spiro atoms. The van der Waals surface area contributed by atoms with Crippen LogP contribution in [-0.2, 0) is 6.42 Å². The Morgan fingerprint density at radius 3 is 2.42 bits per heavy atom. The second-order valence-electron chi connectivity index (χ2n) is 6.82. The summed E-state index contributed by atoms with van der Waals surface area (Å²) in [6.07, 6.45) is 6.82. The Bertz CT molecular complexity index is 774. The Balaban J connectivity index is 1.62. The van der Waals surface area contributed by atoms with Gasteiger partial charge in [0.25, 0.3) is 0 Å². The van der Waals surface area contributed by atoms with Gasteiger partial charge in [-0.05, 0) is 89.7 Å². The molecular formula is C20H21BrCl2N2S. The predicted molar refractivity (Wildman–Crippen MR) is 119 cm³/mol. The van der Waals surface area contributed by atoms with E-state index < -0.39 is 0 Å². The molecule has 26 heavy (non-hydrogen) atoms. The van der Waals surface area contributed by atoms with Gasteiger partial charge in [0.05, 0.1) is 5.02 Å². The van der Waals surface area contributed by atoms with Crippen LogP contribution >= 0.6 is 51.3 Å². The molecule has 1 aliphatic carbocycles. The average molecular weight is 472 g/mol. The molecule has 2 aromatic rings. The topological polar surface area (TPSA) is 24.1 Å². The molecule has 1 fully saturated rings. The highest BCUT2D eigenvalue weighted by Crippen LogP contribution is 2.34. The molecule has 6 heteroatoms. The van der Waals surface area contributed by atoms with E-state index in [2.05, 4.69) is 38.7 Å². The number of halogens is 3. The molecule has 2 aromatic carbocycles. The monoisotopic (exact) mass is 470 g/mol. The molecule has 0 heterocycles. The summed E-state index contributed by atoms with van der Waals surface area (Å²) in [5.41, 5.74) is 2.26. The second-order valence-corrected chi connectivity index (χ2v) is 8.93. The Labute approximate surface area is 178 Å². The third kappa shape index (κ3) is 5.35. The third-order valence-electron chi connectivity index (χ3n) is 4.92. The molecule has 0 unspecified atom stereocenters. The van der Waals surface area contributed by atoms with E-state index in [1.54, 1.807) is 0 Å². The van der Waals surface area contributed by atoms with Gasteiger partial charge < -0.3 is 10.6 Å². The quantitative estimate of drug-likeness (QED) is 0.459. The Hall–Kier alpha value is -0.810. The van der Waals surface area contributed by atoms with Crippen LogP contribution in [0.3, 0.4) is 0 Å². The van der Waals surface area contributed by atoms with E-state index in [1.807, 2.05) is 30.3 Å². The van der Waals surface area contributed by atoms with Crippen molar-refractivity contribution in [2.75, 3.05) is 5.32 Å². The van der Waals surface area contributed by atoms with Crippen LogP contribution in [0.5, 0.6) is 0 Å². The molecule has 0 aromatic heterocycles. The van der Waals surface area contributed by atoms with E-state index in [-0.39, 0.29) is 5.54 Å². The first kappa shape index (κ1) is 19.9.